The fourth-order valence-corrected chi connectivity index (χ4v) is 2.90. The van der Waals surface area contributed by atoms with Gasteiger partial charge in [0.15, 0.2) is 5.15 Å². The van der Waals surface area contributed by atoms with E-state index in [0.29, 0.717) is 5.15 Å². The zero-order chi connectivity index (χ0) is 14.8. The van der Waals surface area contributed by atoms with Crippen LogP contribution in [0.1, 0.15) is 11.3 Å². The van der Waals surface area contributed by atoms with E-state index in [9.17, 15) is 0 Å². The van der Waals surface area contributed by atoms with Gasteiger partial charge < -0.3 is 10.1 Å². The van der Waals surface area contributed by atoms with Gasteiger partial charge in [-0.1, -0.05) is 11.6 Å². The maximum absolute atomic E-state index is 6.17. The van der Waals surface area contributed by atoms with E-state index in [1.54, 1.807) is 0 Å². The SMILES string of the molecule is CNc1cc2c(Cl)nnc(C)c2cc1CN1CCOCC1. The summed E-state index contributed by atoms with van der Waals surface area (Å²) in [5.74, 6) is 0. The number of morpholine rings is 1. The molecule has 1 aliphatic heterocycles. The Morgan fingerprint density at radius 1 is 1.24 bits per heavy atom. The van der Waals surface area contributed by atoms with Crippen LogP contribution in [0, 0.1) is 6.92 Å². The van der Waals surface area contributed by atoms with E-state index >= 15 is 0 Å². The predicted octanol–water partition coefficient (Wildman–Crippen LogP) is 2.47. The Labute approximate surface area is 129 Å². The zero-order valence-electron chi connectivity index (χ0n) is 12.3. The third-order valence-corrected chi connectivity index (χ3v) is 4.19. The number of anilines is 1. The molecule has 21 heavy (non-hydrogen) atoms. The molecular formula is C15H19ClN4O. The maximum atomic E-state index is 6.17. The lowest BCUT2D eigenvalue weighted by molar-refractivity contribution is 0.0343. The van der Waals surface area contributed by atoms with Crippen molar-refractivity contribution in [1.82, 2.24) is 15.1 Å². The van der Waals surface area contributed by atoms with E-state index < -0.39 is 0 Å². The van der Waals surface area contributed by atoms with Gasteiger partial charge in [-0.15, -0.1) is 5.10 Å². The van der Waals surface area contributed by atoms with Gasteiger partial charge in [-0.3, -0.25) is 4.90 Å². The average molecular weight is 307 g/mol. The standard InChI is InChI=1S/C15H19ClN4O/c1-10-12-7-11(9-20-3-5-21-6-4-20)14(17-2)8-13(12)15(16)19-18-10/h7-8,17H,3-6,9H2,1-2H3. The van der Waals surface area contributed by atoms with Gasteiger partial charge in [0.05, 0.1) is 18.9 Å². The van der Waals surface area contributed by atoms with Crippen molar-refractivity contribution in [3.8, 4) is 0 Å². The largest absolute Gasteiger partial charge is 0.388 e. The highest BCUT2D eigenvalue weighted by Gasteiger charge is 2.15. The highest BCUT2D eigenvalue weighted by atomic mass is 35.5. The Kier molecular flexibility index (Phi) is 4.24. The van der Waals surface area contributed by atoms with E-state index in [1.165, 1.54) is 5.56 Å². The predicted molar refractivity (Wildman–Crippen MR) is 84.9 cm³/mol. The van der Waals surface area contributed by atoms with E-state index in [2.05, 4.69) is 32.5 Å². The van der Waals surface area contributed by atoms with Gasteiger partial charge in [-0.25, -0.2) is 0 Å². The second-order valence-electron chi connectivity index (χ2n) is 5.27. The van der Waals surface area contributed by atoms with Crippen molar-refractivity contribution in [3.05, 3.63) is 28.5 Å². The summed E-state index contributed by atoms with van der Waals surface area (Å²) in [5, 5.41) is 13.8. The number of hydrogen-bond acceptors (Lipinski definition) is 5. The molecule has 1 aromatic heterocycles. The molecule has 1 fully saturated rings. The fourth-order valence-electron chi connectivity index (χ4n) is 2.70. The molecule has 0 aliphatic carbocycles. The van der Waals surface area contributed by atoms with Gasteiger partial charge in [-0.2, -0.15) is 5.10 Å². The summed E-state index contributed by atoms with van der Waals surface area (Å²) in [6, 6.07) is 4.24. The molecule has 6 heteroatoms. The summed E-state index contributed by atoms with van der Waals surface area (Å²) < 4.78 is 5.41. The van der Waals surface area contributed by atoms with Crippen LogP contribution >= 0.6 is 11.6 Å². The maximum Gasteiger partial charge on any atom is 0.159 e. The molecule has 1 N–H and O–H groups in total. The van der Waals surface area contributed by atoms with Crippen molar-refractivity contribution in [2.24, 2.45) is 0 Å². The molecule has 0 bridgehead atoms. The van der Waals surface area contributed by atoms with Crippen LogP contribution in [0.25, 0.3) is 10.8 Å². The molecule has 0 saturated carbocycles. The normalized spacial score (nSPS) is 16.3. The third kappa shape index (κ3) is 2.95. The highest BCUT2D eigenvalue weighted by molar-refractivity contribution is 6.34. The first-order chi connectivity index (χ1) is 10.2. The van der Waals surface area contributed by atoms with Crippen molar-refractivity contribution in [1.29, 1.82) is 0 Å². The number of halogens is 1. The zero-order valence-corrected chi connectivity index (χ0v) is 13.1. The molecule has 0 spiro atoms. The van der Waals surface area contributed by atoms with Crippen LogP contribution in [0.5, 0.6) is 0 Å². The van der Waals surface area contributed by atoms with Gasteiger partial charge in [0, 0.05) is 43.1 Å². The van der Waals surface area contributed by atoms with Crippen LogP contribution in [-0.2, 0) is 11.3 Å². The molecule has 1 saturated heterocycles. The van der Waals surface area contributed by atoms with Gasteiger partial charge >= 0.3 is 0 Å². The van der Waals surface area contributed by atoms with E-state index in [4.69, 9.17) is 16.3 Å². The molecule has 112 valence electrons. The number of fused-ring (bicyclic) bond motifs is 1. The first kappa shape index (κ1) is 14.5. The Balaban J connectivity index is 2.02. The Morgan fingerprint density at radius 2 is 2.00 bits per heavy atom. The molecule has 0 unspecified atom stereocenters. The first-order valence-corrected chi connectivity index (χ1v) is 7.50. The van der Waals surface area contributed by atoms with Crippen LogP contribution in [0.2, 0.25) is 5.15 Å². The van der Waals surface area contributed by atoms with Crippen LogP contribution in [-0.4, -0.2) is 48.4 Å². The number of benzene rings is 1. The number of aromatic nitrogens is 2. The van der Waals surface area contributed by atoms with E-state index in [1.807, 2.05) is 14.0 Å². The number of nitrogens with zero attached hydrogens (tertiary/aromatic N) is 3. The van der Waals surface area contributed by atoms with Gasteiger partial charge in [0.1, 0.15) is 0 Å². The Hall–Kier alpha value is -1.43. The monoisotopic (exact) mass is 306 g/mol. The number of rotatable bonds is 3. The average Bonchev–Trinajstić information content (AvgIpc) is 2.52. The van der Waals surface area contributed by atoms with E-state index in [0.717, 1.165) is 55.0 Å². The minimum absolute atomic E-state index is 0.449. The molecule has 0 atom stereocenters. The summed E-state index contributed by atoms with van der Waals surface area (Å²) in [6.07, 6.45) is 0. The molecule has 0 radical (unpaired) electrons. The molecule has 2 aromatic rings. The van der Waals surface area contributed by atoms with Crippen LogP contribution < -0.4 is 5.32 Å². The number of ether oxygens (including phenoxy) is 1. The topological polar surface area (TPSA) is 50.3 Å². The lowest BCUT2D eigenvalue weighted by atomic mass is 10.0. The quantitative estimate of drug-likeness (QED) is 0.944. The second kappa shape index (κ2) is 6.13. The van der Waals surface area contributed by atoms with Crippen molar-refractivity contribution < 1.29 is 4.74 Å². The summed E-state index contributed by atoms with van der Waals surface area (Å²) in [6.45, 7) is 6.40. The number of hydrogen-bond donors (Lipinski definition) is 1. The van der Waals surface area contributed by atoms with Crippen molar-refractivity contribution in [3.63, 3.8) is 0 Å². The number of aryl methyl sites for hydroxylation is 1. The summed E-state index contributed by atoms with van der Waals surface area (Å²) in [4.78, 5) is 2.40. The van der Waals surface area contributed by atoms with Crippen molar-refractivity contribution in [2.75, 3.05) is 38.7 Å². The van der Waals surface area contributed by atoms with Crippen LogP contribution in [0.3, 0.4) is 0 Å². The third-order valence-electron chi connectivity index (χ3n) is 3.91. The molecule has 1 aliphatic rings. The number of nitrogens with one attached hydrogen (secondary N) is 1. The van der Waals surface area contributed by atoms with Gasteiger partial charge in [-0.05, 0) is 24.6 Å². The lowest BCUT2D eigenvalue weighted by Crippen LogP contribution is -2.35. The van der Waals surface area contributed by atoms with Crippen molar-refractivity contribution >= 4 is 28.1 Å². The fraction of sp³-hybridized carbons (Fsp3) is 0.467. The lowest BCUT2D eigenvalue weighted by Gasteiger charge is -2.27. The smallest absolute Gasteiger partial charge is 0.159 e. The van der Waals surface area contributed by atoms with Gasteiger partial charge in [0.25, 0.3) is 0 Å². The molecule has 3 rings (SSSR count). The Morgan fingerprint density at radius 3 is 2.71 bits per heavy atom. The van der Waals surface area contributed by atoms with Crippen LogP contribution in [0.4, 0.5) is 5.69 Å². The Bertz CT molecular complexity index is 656. The second-order valence-corrected chi connectivity index (χ2v) is 5.63. The highest BCUT2D eigenvalue weighted by Crippen LogP contribution is 2.30. The summed E-state index contributed by atoms with van der Waals surface area (Å²) in [5.41, 5.74) is 3.24. The molecule has 0 amide bonds. The summed E-state index contributed by atoms with van der Waals surface area (Å²) in [7, 11) is 1.93. The van der Waals surface area contributed by atoms with Gasteiger partial charge in [0.2, 0.25) is 0 Å². The van der Waals surface area contributed by atoms with E-state index in [-0.39, 0.29) is 0 Å². The minimum Gasteiger partial charge on any atom is -0.388 e. The minimum atomic E-state index is 0.449. The molecule has 1 aromatic carbocycles. The molecule has 5 nitrogen and oxygen atoms in total. The van der Waals surface area contributed by atoms with Crippen LogP contribution in [0.15, 0.2) is 12.1 Å². The molecule has 2 heterocycles. The van der Waals surface area contributed by atoms with Crippen molar-refractivity contribution in [2.45, 2.75) is 13.5 Å². The summed E-state index contributed by atoms with van der Waals surface area (Å²) >= 11 is 6.17. The first-order valence-electron chi connectivity index (χ1n) is 7.12. The molecular weight excluding hydrogens is 288 g/mol.